The van der Waals surface area contributed by atoms with Gasteiger partial charge in [0.05, 0.1) is 11.3 Å². The van der Waals surface area contributed by atoms with Gasteiger partial charge in [-0.05, 0) is 38.0 Å². The zero-order valence-corrected chi connectivity index (χ0v) is 10.2. The second-order valence-corrected chi connectivity index (χ2v) is 3.68. The van der Waals surface area contributed by atoms with Gasteiger partial charge in [0.1, 0.15) is 0 Å². The van der Waals surface area contributed by atoms with Crippen LogP contribution in [0.1, 0.15) is 36.7 Å². The highest BCUT2D eigenvalue weighted by molar-refractivity contribution is 5.94. The van der Waals surface area contributed by atoms with Gasteiger partial charge in [-0.25, -0.2) is 4.79 Å². The van der Waals surface area contributed by atoms with Crippen molar-refractivity contribution in [3.8, 4) is 0 Å². The van der Waals surface area contributed by atoms with Gasteiger partial charge >= 0.3 is 5.97 Å². The molecule has 0 atom stereocenters. The highest BCUT2D eigenvalue weighted by Crippen LogP contribution is 2.22. The predicted molar refractivity (Wildman–Crippen MR) is 66.3 cm³/mol. The highest BCUT2D eigenvalue weighted by atomic mass is 16.4. The van der Waals surface area contributed by atoms with Crippen LogP contribution in [0.5, 0.6) is 0 Å². The Morgan fingerprint density at radius 2 is 1.88 bits per heavy atom. The first-order valence-corrected chi connectivity index (χ1v) is 5.75. The maximum atomic E-state index is 11.1. The molecule has 0 bridgehead atoms. The maximum absolute atomic E-state index is 11.1. The molecule has 3 nitrogen and oxygen atoms in total. The number of hydrogen-bond donors (Lipinski definition) is 1. The van der Waals surface area contributed by atoms with E-state index in [2.05, 4.69) is 11.8 Å². The van der Waals surface area contributed by atoms with E-state index in [0.717, 1.165) is 25.2 Å². The average molecular weight is 221 g/mol. The number of nitrogens with zero attached hydrogens (tertiary/aromatic N) is 1. The number of aryl methyl sites for hydroxylation is 1. The summed E-state index contributed by atoms with van der Waals surface area (Å²) in [5.74, 6) is -0.857. The van der Waals surface area contributed by atoms with E-state index in [0.29, 0.717) is 5.56 Å². The van der Waals surface area contributed by atoms with E-state index in [1.807, 2.05) is 26.0 Å². The Morgan fingerprint density at radius 3 is 2.31 bits per heavy atom. The summed E-state index contributed by atoms with van der Waals surface area (Å²) in [6, 6.07) is 5.57. The number of rotatable bonds is 5. The number of benzene rings is 1. The molecule has 1 aromatic carbocycles. The third kappa shape index (κ3) is 2.54. The monoisotopic (exact) mass is 221 g/mol. The fourth-order valence-corrected chi connectivity index (χ4v) is 1.80. The quantitative estimate of drug-likeness (QED) is 0.831. The van der Waals surface area contributed by atoms with Gasteiger partial charge in [0.2, 0.25) is 0 Å². The van der Waals surface area contributed by atoms with Crippen molar-refractivity contribution in [2.24, 2.45) is 0 Å². The zero-order valence-electron chi connectivity index (χ0n) is 10.2. The Hall–Kier alpha value is -1.51. The molecule has 0 spiro atoms. The van der Waals surface area contributed by atoms with Crippen LogP contribution in [0.4, 0.5) is 5.69 Å². The number of hydrogen-bond acceptors (Lipinski definition) is 2. The van der Waals surface area contributed by atoms with Crippen LogP contribution in [0.15, 0.2) is 18.2 Å². The molecule has 1 N–H and O–H groups in total. The molecular formula is C13H19NO2. The molecule has 88 valence electrons. The number of carbonyl (C=O) groups is 1. The van der Waals surface area contributed by atoms with Crippen LogP contribution >= 0.6 is 0 Å². The molecule has 16 heavy (non-hydrogen) atoms. The van der Waals surface area contributed by atoms with Crippen LogP contribution in [0, 0.1) is 0 Å². The van der Waals surface area contributed by atoms with E-state index in [9.17, 15) is 4.79 Å². The Bertz CT molecular complexity index is 370. The molecular weight excluding hydrogens is 202 g/mol. The van der Waals surface area contributed by atoms with E-state index in [1.165, 1.54) is 5.56 Å². The molecule has 0 aliphatic rings. The smallest absolute Gasteiger partial charge is 0.337 e. The van der Waals surface area contributed by atoms with Crippen molar-refractivity contribution in [1.82, 2.24) is 0 Å². The van der Waals surface area contributed by atoms with E-state index in [-0.39, 0.29) is 0 Å². The standard InChI is InChI=1S/C13H19NO2/c1-4-10-7-8-11(13(15)16)12(9-10)14(5-2)6-3/h7-9H,4-6H2,1-3H3,(H,15,16). The van der Waals surface area contributed by atoms with Crippen LogP contribution in [-0.4, -0.2) is 24.2 Å². The van der Waals surface area contributed by atoms with Gasteiger partial charge in [0.15, 0.2) is 0 Å². The van der Waals surface area contributed by atoms with Gasteiger partial charge < -0.3 is 10.0 Å². The fraction of sp³-hybridized carbons (Fsp3) is 0.462. The molecule has 0 aliphatic carbocycles. The molecule has 1 rings (SSSR count). The molecule has 1 aromatic rings. The van der Waals surface area contributed by atoms with Crippen molar-refractivity contribution in [1.29, 1.82) is 0 Å². The largest absolute Gasteiger partial charge is 0.478 e. The number of anilines is 1. The molecule has 0 radical (unpaired) electrons. The first-order valence-electron chi connectivity index (χ1n) is 5.75. The third-order valence-electron chi connectivity index (χ3n) is 2.80. The SMILES string of the molecule is CCc1ccc(C(=O)O)c(N(CC)CC)c1. The first kappa shape index (κ1) is 12.6. The van der Waals surface area contributed by atoms with Crippen molar-refractivity contribution >= 4 is 11.7 Å². The lowest BCUT2D eigenvalue weighted by molar-refractivity contribution is 0.0697. The summed E-state index contributed by atoms with van der Waals surface area (Å²) in [6.45, 7) is 7.79. The van der Waals surface area contributed by atoms with E-state index >= 15 is 0 Å². The fourth-order valence-electron chi connectivity index (χ4n) is 1.80. The van der Waals surface area contributed by atoms with E-state index < -0.39 is 5.97 Å². The molecule has 0 fully saturated rings. The van der Waals surface area contributed by atoms with Crippen LogP contribution in [0.3, 0.4) is 0 Å². The van der Waals surface area contributed by atoms with Gasteiger partial charge in [0, 0.05) is 13.1 Å². The van der Waals surface area contributed by atoms with Crippen LogP contribution in [-0.2, 0) is 6.42 Å². The number of aromatic carboxylic acids is 1. The van der Waals surface area contributed by atoms with Crippen molar-refractivity contribution in [2.45, 2.75) is 27.2 Å². The molecule has 0 unspecified atom stereocenters. The lowest BCUT2D eigenvalue weighted by Gasteiger charge is -2.23. The van der Waals surface area contributed by atoms with Crippen LogP contribution < -0.4 is 4.90 Å². The summed E-state index contributed by atoms with van der Waals surface area (Å²) in [5.41, 5.74) is 2.39. The van der Waals surface area contributed by atoms with Gasteiger partial charge in [0.25, 0.3) is 0 Å². The summed E-state index contributed by atoms with van der Waals surface area (Å²) in [7, 11) is 0. The Balaban J connectivity index is 3.24. The zero-order chi connectivity index (χ0) is 12.1. The van der Waals surface area contributed by atoms with Gasteiger partial charge in [-0.15, -0.1) is 0 Å². The van der Waals surface area contributed by atoms with Crippen molar-refractivity contribution in [3.05, 3.63) is 29.3 Å². The van der Waals surface area contributed by atoms with Crippen molar-refractivity contribution < 1.29 is 9.90 Å². The summed E-state index contributed by atoms with van der Waals surface area (Å²) >= 11 is 0. The third-order valence-corrected chi connectivity index (χ3v) is 2.80. The predicted octanol–water partition coefficient (Wildman–Crippen LogP) is 2.79. The second kappa shape index (κ2) is 5.54. The van der Waals surface area contributed by atoms with Crippen LogP contribution in [0.25, 0.3) is 0 Å². The van der Waals surface area contributed by atoms with Crippen molar-refractivity contribution in [2.75, 3.05) is 18.0 Å². The van der Waals surface area contributed by atoms with E-state index in [1.54, 1.807) is 6.07 Å². The minimum absolute atomic E-state index is 0.390. The summed E-state index contributed by atoms with van der Waals surface area (Å²) in [6.07, 6.45) is 0.925. The van der Waals surface area contributed by atoms with Gasteiger partial charge in [-0.1, -0.05) is 13.0 Å². The van der Waals surface area contributed by atoms with Gasteiger partial charge in [-0.3, -0.25) is 0 Å². The Morgan fingerprint density at radius 1 is 1.25 bits per heavy atom. The maximum Gasteiger partial charge on any atom is 0.337 e. The molecule has 0 aromatic heterocycles. The van der Waals surface area contributed by atoms with E-state index in [4.69, 9.17) is 5.11 Å². The Labute approximate surface area is 96.7 Å². The second-order valence-electron chi connectivity index (χ2n) is 3.68. The normalized spacial score (nSPS) is 10.2. The number of carboxylic acid groups (broad SMARTS) is 1. The first-order chi connectivity index (χ1) is 7.63. The topological polar surface area (TPSA) is 40.5 Å². The summed E-state index contributed by atoms with van der Waals surface area (Å²) < 4.78 is 0. The van der Waals surface area contributed by atoms with Gasteiger partial charge in [-0.2, -0.15) is 0 Å². The number of carboxylic acids is 1. The Kier molecular flexibility index (Phi) is 4.35. The summed E-state index contributed by atoms with van der Waals surface area (Å²) in [4.78, 5) is 13.2. The minimum atomic E-state index is -0.857. The minimum Gasteiger partial charge on any atom is -0.478 e. The summed E-state index contributed by atoms with van der Waals surface area (Å²) in [5, 5.41) is 9.14. The van der Waals surface area contributed by atoms with Crippen molar-refractivity contribution in [3.63, 3.8) is 0 Å². The molecule has 0 saturated heterocycles. The molecule has 3 heteroatoms. The lowest BCUT2D eigenvalue weighted by atomic mass is 10.1. The molecule has 0 amide bonds. The highest BCUT2D eigenvalue weighted by Gasteiger charge is 2.14. The lowest BCUT2D eigenvalue weighted by Crippen LogP contribution is -2.24. The molecule has 0 saturated carbocycles. The average Bonchev–Trinajstić information content (AvgIpc) is 2.30. The molecule has 0 heterocycles. The molecule has 0 aliphatic heterocycles. The van der Waals surface area contributed by atoms with Crippen LogP contribution in [0.2, 0.25) is 0 Å².